The first-order valence-electron chi connectivity index (χ1n) is 4.83. The summed E-state index contributed by atoms with van der Waals surface area (Å²) in [6, 6.07) is 3.15. The number of anilines is 1. The first-order valence-corrected chi connectivity index (χ1v) is 6.75. The van der Waals surface area contributed by atoms with E-state index in [-0.39, 0.29) is 16.9 Å². The number of nitrogens with zero attached hydrogens (tertiary/aromatic N) is 2. The van der Waals surface area contributed by atoms with Gasteiger partial charge in [0.05, 0.1) is 16.2 Å². The van der Waals surface area contributed by atoms with Gasteiger partial charge in [0.15, 0.2) is 0 Å². The second-order valence-corrected chi connectivity index (χ2v) is 5.37. The van der Waals surface area contributed by atoms with Gasteiger partial charge in [0.25, 0.3) is 0 Å². The van der Waals surface area contributed by atoms with Gasteiger partial charge in [-0.1, -0.05) is 34.8 Å². The van der Waals surface area contributed by atoms with E-state index in [0.717, 1.165) is 0 Å². The van der Waals surface area contributed by atoms with Crippen LogP contribution < -0.4 is 16.0 Å². The zero-order valence-electron chi connectivity index (χ0n) is 9.12. The normalized spacial score (nSPS) is 10.4. The van der Waals surface area contributed by atoms with Crippen molar-refractivity contribution in [3.8, 4) is 11.6 Å². The van der Waals surface area contributed by atoms with Gasteiger partial charge >= 0.3 is 0 Å². The molecule has 5 nitrogen and oxygen atoms in total. The maximum absolute atomic E-state index is 6.04. The Morgan fingerprint density at radius 1 is 1.16 bits per heavy atom. The molecule has 1 heterocycles. The molecule has 0 aliphatic rings. The van der Waals surface area contributed by atoms with Gasteiger partial charge in [-0.2, -0.15) is 4.98 Å². The van der Waals surface area contributed by atoms with Crippen molar-refractivity contribution in [2.45, 2.75) is 0 Å². The highest BCUT2D eigenvalue weighted by Gasteiger charge is 2.12. The van der Waals surface area contributed by atoms with Crippen LogP contribution in [0.5, 0.6) is 11.6 Å². The second-order valence-electron chi connectivity index (χ2n) is 3.29. The molecule has 2 aromatic rings. The van der Waals surface area contributed by atoms with E-state index in [9.17, 15) is 0 Å². The van der Waals surface area contributed by atoms with Gasteiger partial charge in [-0.05, 0) is 22.0 Å². The zero-order chi connectivity index (χ0) is 14.0. The number of nitrogens with two attached hydrogens (primary N) is 1. The van der Waals surface area contributed by atoms with Gasteiger partial charge in [-0.15, -0.1) is 0 Å². The summed E-state index contributed by atoms with van der Waals surface area (Å²) in [7, 11) is 0. The molecule has 0 atom stereocenters. The Bertz CT molecular complexity index is 626. The third-order valence-electron chi connectivity index (χ3n) is 2.02. The Morgan fingerprint density at radius 3 is 2.58 bits per heavy atom. The quantitative estimate of drug-likeness (QED) is 0.470. The Morgan fingerprint density at radius 2 is 1.89 bits per heavy atom. The molecule has 19 heavy (non-hydrogen) atoms. The molecule has 0 saturated heterocycles. The van der Waals surface area contributed by atoms with Crippen LogP contribution in [0, 0.1) is 0 Å². The molecule has 0 fully saturated rings. The molecule has 0 bridgehead atoms. The van der Waals surface area contributed by atoms with Gasteiger partial charge in [0, 0.05) is 10.5 Å². The Hall–Kier alpha value is -0.790. The minimum absolute atomic E-state index is 0.116. The molecule has 1 aromatic heterocycles. The zero-order valence-corrected chi connectivity index (χ0v) is 13.0. The summed E-state index contributed by atoms with van der Waals surface area (Å²) in [5.41, 5.74) is 2.29. The third kappa shape index (κ3) is 3.40. The van der Waals surface area contributed by atoms with Crippen LogP contribution in [-0.2, 0) is 0 Å². The number of halogens is 4. The van der Waals surface area contributed by atoms with Crippen LogP contribution in [0.3, 0.4) is 0 Å². The third-order valence-corrected chi connectivity index (χ3v) is 3.77. The van der Waals surface area contributed by atoms with Crippen LogP contribution in [0.25, 0.3) is 0 Å². The van der Waals surface area contributed by atoms with Gasteiger partial charge in [-0.3, -0.25) is 5.43 Å². The van der Waals surface area contributed by atoms with E-state index in [2.05, 4.69) is 31.3 Å². The first kappa shape index (κ1) is 14.6. The largest absolute Gasteiger partial charge is 0.436 e. The van der Waals surface area contributed by atoms with E-state index in [1.165, 1.54) is 6.20 Å². The monoisotopic (exact) mass is 382 g/mol. The summed E-state index contributed by atoms with van der Waals surface area (Å²) in [5.74, 6) is 5.81. The summed E-state index contributed by atoms with van der Waals surface area (Å²) in [4.78, 5) is 7.79. The van der Waals surface area contributed by atoms with E-state index in [4.69, 9.17) is 45.4 Å². The summed E-state index contributed by atoms with van der Waals surface area (Å²) < 4.78 is 6.16. The molecule has 1 aromatic carbocycles. The van der Waals surface area contributed by atoms with Crippen LogP contribution in [0.2, 0.25) is 15.1 Å². The lowest BCUT2D eigenvalue weighted by molar-refractivity contribution is 0.463. The highest BCUT2D eigenvalue weighted by molar-refractivity contribution is 9.10. The number of nitrogen functional groups attached to an aromatic ring is 1. The summed E-state index contributed by atoms with van der Waals surface area (Å²) in [6.07, 6.45) is 1.35. The molecule has 9 heteroatoms. The molecule has 100 valence electrons. The predicted octanol–water partition coefficient (Wildman–Crippen LogP) is 4.28. The minimum atomic E-state index is 0.116. The van der Waals surface area contributed by atoms with E-state index in [1.807, 2.05) is 0 Å². The van der Waals surface area contributed by atoms with Crippen LogP contribution in [0.4, 0.5) is 5.95 Å². The van der Waals surface area contributed by atoms with Crippen molar-refractivity contribution in [3.05, 3.63) is 37.9 Å². The molecular weight excluding hydrogens is 378 g/mol. The molecule has 0 amide bonds. The van der Waals surface area contributed by atoms with E-state index < -0.39 is 0 Å². The average molecular weight is 384 g/mol. The van der Waals surface area contributed by atoms with Gasteiger partial charge in [0.1, 0.15) is 10.8 Å². The molecule has 0 radical (unpaired) electrons. The lowest BCUT2D eigenvalue weighted by Gasteiger charge is -2.10. The molecular formula is C10H6BrCl3N4O. The van der Waals surface area contributed by atoms with E-state index >= 15 is 0 Å². The Kier molecular flexibility index (Phi) is 4.70. The molecule has 2 rings (SSSR count). The fourth-order valence-electron chi connectivity index (χ4n) is 1.18. The van der Waals surface area contributed by atoms with Crippen molar-refractivity contribution in [1.82, 2.24) is 9.97 Å². The summed E-state index contributed by atoms with van der Waals surface area (Å²) in [6.45, 7) is 0. The summed E-state index contributed by atoms with van der Waals surface area (Å²) >= 11 is 21.2. The fraction of sp³-hybridized carbons (Fsp3) is 0. The number of hydrogen-bond acceptors (Lipinski definition) is 5. The van der Waals surface area contributed by atoms with Crippen molar-refractivity contribution >= 4 is 56.7 Å². The molecule has 3 N–H and O–H groups in total. The number of ether oxygens (including phenoxy) is 1. The number of hydrazine groups is 1. The Labute approximate surface area is 132 Å². The molecule has 0 aliphatic carbocycles. The van der Waals surface area contributed by atoms with Crippen molar-refractivity contribution in [2.75, 3.05) is 5.43 Å². The molecule has 0 saturated carbocycles. The highest BCUT2D eigenvalue weighted by Crippen LogP contribution is 2.37. The maximum Gasteiger partial charge on any atom is 0.243 e. The number of hydrogen-bond donors (Lipinski definition) is 2. The number of benzene rings is 1. The van der Waals surface area contributed by atoms with Crippen molar-refractivity contribution in [2.24, 2.45) is 5.84 Å². The molecule has 0 spiro atoms. The standard InChI is InChI=1S/C10H6BrCl3N4O/c11-4-1-6(13)8(2-5(4)12)19-9-7(14)3-16-10(17-9)18-15/h1-3H,15H2,(H,16,17,18). The minimum Gasteiger partial charge on any atom is -0.436 e. The topological polar surface area (TPSA) is 73.1 Å². The smallest absolute Gasteiger partial charge is 0.243 e. The van der Waals surface area contributed by atoms with Crippen molar-refractivity contribution < 1.29 is 4.74 Å². The van der Waals surface area contributed by atoms with Gasteiger partial charge in [0.2, 0.25) is 11.8 Å². The number of nitrogens with one attached hydrogen (secondary N) is 1. The van der Waals surface area contributed by atoms with E-state index in [1.54, 1.807) is 12.1 Å². The predicted molar refractivity (Wildman–Crippen MR) is 79.1 cm³/mol. The van der Waals surface area contributed by atoms with Crippen LogP contribution in [0.15, 0.2) is 22.8 Å². The van der Waals surface area contributed by atoms with Crippen LogP contribution in [-0.4, -0.2) is 9.97 Å². The highest BCUT2D eigenvalue weighted by atomic mass is 79.9. The SMILES string of the molecule is NNc1ncc(Cl)c(Oc2cc(Cl)c(Br)cc2Cl)n1. The van der Waals surface area contributed by atoms with Crippen LogP contribution >= 0.6 is 50.7 Å². The summed E-state index contributed by atoms with van der Waals surface area (Å²) in [5, 5.41) is 1.02. The van der Waals surface area contributed by atoms with Gasteiger partial charge < -0.3 is 4.74 Å². The number of aromatic nitrogens is 2. The van der Waals surface area contributed by atoms with Gasteiger partial charge in [-0.25, -0.2) is 10.8 Å². The van der Waals surface area contributed by atoms with Crippen molar-refractivity contribution in [3.63, 3.8) is 0 Å². The molecule has 0 aliphatic heterocycles. The first-order chi connectivity index (χ1) is 9.01. The second kappa shape index (κ2) is 6.11. The van der Waals surface area contributed by atoms with Crippen LogP contribution in [0.1, 0.15) is 0 Å². The van der Waals surface area contributed by atoms with Crippen molar-refractivity contribution in [1.29, 1.82) is 0 Å². The maximum atomic E-state index is 6.04. The fourth-order valence-corrected chi connectivity index (χ4v) is 2.14. The Balaban J connectivity index is 2.38. The lowest BCUT2D eigenvalue weighted by atomic mass is 10.3. The lowest BCUT2D eigenvalue weighted by Crippen LogP contribution is -2.10. The van der Waals surface area contributed by atoms with E-state index in [0.29, 0.717) is 20.3 Å². The molecule has 0 unspecified atom stereocenters. The number of rotatable bonds is 3. The average Bonchev–Trinajstić information content (AvgIpc) is 2.38.